The van der Waals surface area contributed by atoms with Gasteiger partial charge in [0.05, 0.1) is 49.9 Å². The molecule has 6 amide bonds. The van der Waals surface area contributed by atoms with E-state index in [-0.39, 0.29) is 35.8 Å². The van der Waals surface area contributed by atoms with Crippen molar-refractivity contribution < 1.29 is 47.7 Å². The second-order valence-corrected chi connectivity index (χ2v) is 26.6. The molecule has 10 heterocycles. The average molecular weight is 1250 g/mol. The van der Waals surface area contributed by atoms with Crippen LogP contribution >= 0.6 is 11.6 Å². The number of nitrogens with zero attached hydrogens (tertiary/aromatic N) is 14. The van der Waals surface area contributed by atoms with Crippen molar-refractivity contribution in [3.63, 3.8) is 0 Å². The first kappa shape index (κ1) is 63.5. The Hall–Kier alpha value is -8.55. The number of halogens is 1. The first-order valence-electron chi connectivity index (χ1n) is 30.4. The molecule has 12 rings (SSSR count). The molecule has 6 aliphatic rings. The number of piperidine rings is 2. The van der Waals surface area contributed by atoms with E-state index in [1.165, 1.54) is 17.7 Å². The van der Waals surface area contributed by atoms with E-state index in [1.807, 2.05) is 53.7 Å². The fourth-order valence-corrected chi connectivity index (χ4v) is 12.6. The van der Waals surface area contributed by atoms with Crippen molar-refractivity contribution in [2.75, 3.05) is 88.3 Å². The summed E-state index contributed by atoms with van der Waals surface area (Å²) >= 11 is 5.92. The summed E-state index contributed by atoms with van der Waals surface area (Å²) in [4.78, 5) is 111. The molecular weight excluding hydrogens is 1160 g/mol. The smallest absolute Gasteiger partial charge is 0.415 e. The summed E-state index contributed by atoms with van der Waals surface area (Å²) in [7, 11) is 7.03. The van der Waals surface area contributed by atoms with Crippen LogP contribution in [0.5, 0.6) is 0 Å². The molecule has 0 aromatic carbocycles. The van der Waals surface area contributed by atoms with Crippen molar-refractivity contribution in [3.05, 3.63) is 77.9 Å². The molecule has 476 valence electrons. The maximum Gasteiger partial charge on any atom is 0.415 e. The predicted octanol–water partition coefficient (Wildman–Crippen LogP) is 10.4. The quantitative estimate of drug-likeness (QED) is 0.106. The van der Waals surface area contributed by atoms with Crippen molar-refractivity contribution in [1.29, 1.82) is 0 Å². The molecule has 6 fully saturated rings. The van der Waals surface area contributed by atoms with E-state index in [1.54, 1.807) is 102 Å². The number of likely N-dealkylation sites (tertiary alicyclic amines) is 2. The molecule has 3 N–H and O–H groups in total. The molecule has 0 unspecified atom stereocenters. The third-order valence-corrected chi connectivity index (χ3v) is 16.6. The van der Waals surface area contributed by atoms with E-state index < -0.39 is 40.7 Å². The van der Waals surface area contributed by atoms with Crippen molar-refractivity contribution in [2.45, 2.75) is 153 Å². The van der Waals surface area contributed by atoms with Gasteiger partial charge in [0.2, 0.25) is 11.2 Å². The van der Waals surface area contributed by atoms with Gasteiger partial charge in [-0.15, -0.1) is 0 Å². The fraction of sp³-hybridized carbons (Fsp3) is 0.548. The molecule has 4 aliphatic heterocycles. The van der Waals surface area contributed by atoms with Crippen LogP contribution in [0.2, 0.25) is 5.28 Å². The van der Waals surface area contributed by atoms with Crippen molar-refractivity contribution in [1.82, 2.24) is 58.6 Å². The Morgan fingerprint density at radius 1 is 0.607 bits per heavy atom. The van der Waals surface area contributed by atoms with Crippen molar-refractivity contribution >= 4 is 98.8 Å². The topological polar surface area (TPSA) is 284 Å². The second kappa shape index (κ2) is 25.5. The van der Waals surface area contributed by atoms with Gasteiger partial charge in [0.25, 0.3) is 11.8 Å². The molecule has 6 aromatic heterocycles. The van der Waals surface area contributed by atoms with E-state index in [2.05, 4.69) is 39.4 Å². The number of nitrogens with two attached hydrogens (primary N) is 1. The van der Waals surface area contributed by atoms with E-state index in [4.69, 9.17) is 41.3 Å². The number of anilines is 5. The number of nitrogens with one attached hydrogen (secondary N) is 1. The molecule has 2 saturated carbocycles. The Labute approximate surface area is 522 Å². The standard InChI is InChI=1S/C31H40N8O5.C17H24N4O4.C14H17ClN4O/c1-30(2,3)43-28(41)37-14-8-13-31(18-37)19-38(29(42)44-31)22-11-12-24(32-17-22)34-27-33-16-20-15-23(26(40)36(4)5)39(25(20)35-27)21-9-6-7-10-21;1-16(2,3)24-14(22)20-8-4-7-17(10-20)11-21(15(23)25-17)12-5-6-13(18)19-9-12;1-18(2)13(20)11-7-9-8-16-14(15)17-12(9)19(11)10-5-3-4-6-10/h11-12,15-17,21H,6-10,13-14,18-19H2,1-5H3,(H,32,33,34,35);5-6,9H,4,7-8,10-11H2,1-3H3,(H2,18,19);7-8,10H,3-6H2,1-2H3/t31-;17-;/m11./s1. The number of amides is 6. The van der Waals surface area contributed by atoms with Crippen LogP contribution in [0.1, 0.15) is 152 Å². The number of fused-ring (bicyclic) bond motifs is 2. The molecular formula is C62H81ClN16O10. The minimum absolute atomic E-state index is 0.00831. The Bertz CT molecular complexity index is 3610. The first-order valence-corrected chi connectivity index (χ1v) is 30.8. The van der Waals surface area contributed by atoms with Crippen LogP contribution in [-0.4, -0.2) is 185 Å². The Morgan fingerprint density at radius 3 is 1.48 bits per heavy atom. The van der Waals surface area contributed by atoms with Crippen LogP contribution in [-0.2, 0) is 18.9 Å². The minimum Gasteiger partial charge on any atom is -0.444 e. The zero-order valence-electron chi connectivity index (χ0n) is 52.5. The Kier molecular flexibility index (Phi) is 18.2. The van der Waals surface area contributed by atoms with Gasteiger partial charge in [-0.1, -0.05) is 25.7 Å². The minimum atomic E-state index is -0.798. The monoisotopic (exact) mass is 1240 g/mol. The number of rotatable bonds is 8. The summed E-state index contributed by atoms with van der Waals surface area (Å²) in [5, 5.41) is 5.06. The lowest BCUT2D eigenvalue weighted by molar-refractivity contribution is -0.0275. The van der Waals surface area contributed by atoms with Gasteiger partial charge in [-0.2, -0.15) is 9.97 Å². The highest BCUT2D eigenvalue weighted by atomic mass is 35.5. The number of hydrogen-bond donors (Lipinski definition) is 2. The first-order chi connectivity index (χ1) is 42.2. The number of carbonyl (C=O) groups is 6. The highest BCUT2D eigenvalue weighted by molar-refractivity contribution is 6.28. The zero-order chi connectivity index (χ0) is 63.7. The van der Waals surface area contributed by atoms with E-state index in [0.717, 1.165) is 61.4 Å². The molecule has 0 radical (unpaired) electrons. The van der Waals surface area contributed by atoms with Crippen LogP contribution in [0.4, 0.5) is 48.1 Å². The highest BCUT2D eigenvalue weighted by Crippen LogP contribution is 2.40. The summed E-state index contributed by atoms with van der Waals surface area (Å²) in [6, 6.07) is 11.2. The van der Waals surface area contributed by atoms with Gasteiger partial charge in [0, 0.05) is 76.5 Å². The lowest BCUT2D eigenvalue weighted by atomic mass is 9.93. The molecule has 89 heavy (non-hydrogen) atoms. The van der Waals surface area contributed by atoms with Gasteiger partial charge in [0.15, 0.2) is 0 Å². The Balaban J connectivity index is 0.000000163. The largest absolute Gasteiger partial charge is 0.444 e. The Morgan fingerprint density at radius 2 is 1.06 bits per heavy atom. The zero-order valence-corrected chi connectivity index (χ0v) is 53.2. The van der Waals surface area contributed by atoms with E-state index in [9.17, 15) is 28.8 Å². The SMILES string of the molecule is CC(C)(C)OC(=O)N1CCC[C@@]2(C1)CN(c1ccc(N)nc1)C(=O)O2.CN(C)C(=O)c1cc2cnc(Cl)nc2n1C1CCCC1.CN(C)C(=O)c1cc2cnc(Nc3ccc(N4C[C@]5(CCCN(C(=O)OC(C)(C)C)C5)OC4=O)cn3)nc2n1C1CCCC1. The van der Waals surface area contributed by atoms with Crippen molar-refractivity contribution in [3.8, 4) is 0 Å². The third kappa shape index (κ3) is 14.5. The van der Waals surface area contributed by atoms with Crippen molar-refractivity contribution in [2.24, 2.45) is 0 Å². The van der Waals surface area contributed by atoms with Gasteiger partial charge in [-0.3, -0.25) is 19.4 Å². The van der Waals surface area contributed by atoms with Crippen LogP contribution in [0.3, 0.4) is 0 Å². The van der Waals surface area contributed by atoms with Crippen LogP contribution in [0.15, 0.2) is 61.2 Å². The maximum absolute atomic E-state index is 13.0. The summed E-state index contributed by atoms with van der Waals surface area (Å²) < 4.78 is 26.6. The fourth-order valence-electron chi connectivity index (χ4n) is 12.4. The number of ether oxygens (including phenoxy) is 4. The van der Waals surface area contributed by atoms with Gasteiger partial charge >= 0.3 is 24.4 Å². The van der Waals surface area contributed by atoms with Crippen LogP contribution < -0.4 is 20.9 Å². The lowest BCUT2D eigenvalue weighted by Gasteiger charge is -2.38. The number of nitrogen functional groups attached to an aromatic ring is 1. The number of pyridine rings is 2. The van der Waals surface area contributed by atoms with Gasteiger partial charge in [0.1, 0.15) is 56.7 Å². The molecule has 2 atom stereocenters. The summed E-state index contributed by atoms with van der Waals surface area (Å²) in [5.74, 6) is 1.19. The molecule has 2 spiro atoms. The second-order valence-electron chi connectivity index (χ2n) is 26.2. The average Bonchev–Trinajstić information content (AvgIpc) is 1.80. The number of hydrogen-bond acceptors (Lipinski definition) is 18. The molecule has 0 bridgehead atoms. The van der Waals surface area contributed by atoms with E-state index >= 15 is 0 Å². The summed E-state index contributed by atoms with van der Waals surface area (Å²) in [5.41, 5.74) is 6.91. The summed E-state index contributed by atoms with van der Waals surface area (Å²) in [6.07, 6.45) is 16.5. The molecule has 27 heteroatoms. The third-order valence-electron chi connectivity index (χ3n) is 16.5. The molecule has 26 nitrogen and oxygen atoms in total. The van der Waals surface area contributed by atoms with Gasteiger partial charge < -0.3 is 58.7 Å². The normalized spacial score (nSPS) is 20.5. The molecule has 2 aliphatic carbocycles. The number of carbonyl (C=O) groups excluding carboxylic acids is 6. The van der Waals surface area contributed by atoms with Gasteiger partial charge in [-0.05, 0) is 141 Å². The molecule has 6 aromatic rings. The predicted molar refractivity (Wildman–Crippen MR) is 334 cm³/mol. The summed E-state index contributed by atoms with van der Waals surface area (Å²) in [6.45, 7) is 13.4. The van der Waals surface area contributed by atoms with Crippen LogP contribution in [0, 0.1) is 0 Å². The maximum atomic E-state index is 13.0. The highest BCUT2D eigenvalue weighted by Gasteiger charge is 2.51. The van der Waals surface area contributed by atoms with Gasteiger partial charge in [-0.25, -0.2) is 39.1 Å². The molecule has 4 saturated heterocycles. The number of aromatic nitrogens is 8. The van der Waals surface area contributed by atoms with Crippen LogP contribution in [0.25, 0.3) is 22.1 Å². The van der Waals surface area contributed by atoms with E-state index in [0.29, 0.717) is 104 Å². The lowest BCUT2D eigenvalue weighted by Crippen LogP contribution is -2.53.